The Morgan fingerprint density at radius 2 is 2.05 bits per heavy atom. The molecular weight excluding hydrogens is 270 g/mol. The molecule has 0 saturated carbocycles. The molecular formula is C14H17N5O2. The Labute approximate surface area is 121 Å². The zero-order chi connectivity index (χ0) is 15.2. The maximum Gasteiger partial charge on any atom is 0.329 e. The molecule has 0 aliphatic carbocycles. The summed E-state index contributed by atoms with van der Waals surface area (Å²) in [5, 5.41) is 10.2. The van der Waals surface area contributed by atoms with Crippen molar-refractivity contribution in [3.05, 3.63) is 18.0 Å². The number of amides is 3. The second-order valence-electron chi connectivity index (χ2n) is 6.17. The van der Waals surface area contributed by atoms with Crippen LogP contribution in [0.2, 0.25) is 0 Å². The summed E-state index contributed by atoms with van der Waals surface area (Å²) in [6.45, 7) is 6.58. The molecule has 1 aliphatic heterocycles. The van der Waals surface area contributed by atoms with Gasteiger partial charge in [0.05, 0.1) is 10.9 Å². The largest absolute Gasteiger partial charge is 0.329 e. The summed E-state index contributed by atoms with van der Waals surface area (Å²) in [6.07, 6.45) is 1.99. The molecule has 2 aromatic rings. The van der Waals surface area contributed by atoms with Gasteiger partial charge in [-0.3, -0.25) is 25.1 Å². The Morgan fingerprint density at radius 1 is 1.29 bits per heavy atom. The fourth-order valence-electron chi connectivity index (χ4n) is 2.28. The molecule has 0 spiro atoms. The number of aromatic nitrogens is 3. The molecule has 3 heterocycles. The molecule has 2 aromatic heterocycles. The van der Waals surface area contributed by atoms with E-state index in [0.717, 1.165) is 16.6 Å². The number of nitrogens with one attached hydrogen (secondary N) is 2. The van der Waals surface area contributed by atoms with Gasteiger partial charge in [-0.15, -0.1) is 0 Å². The Kier molecular flexibility index (Phi) is 2.93. The smallest absolute Gasteiger partial charge is 0.278 e. The Hall–Kier alpha value is -2.44. The van der Waals surface area contributed by atoms with Gasteiger partial charge >= 0.3 is 6.03 Å². The molecule has 7 heteroatoms. The monoisotopic (exact) mass is 287 g/mol. The van der Waals surface area contributed by atoms with Crippen molar-refractivity contribution in [1.82, 2.24) is 20.5 Å². The molecule has 0 radical (unpaired) electrons. The van der Waals surface area contributed by atoms with Crippen molar-refractivity contribution in [2.24, 2.45) is 0 Å². The van der Waals surface area contributed by atoms with Crippen LogP contribution in [0.4, 0.5) is 10.6 Å². The third-order valence-electron chi connectivity index (χ3n) is 3.51. The molecule has 21 heavy (non-hydrogen) atoms. The first-order valence-corrected chi connectivity index (χ1v) is 6.82. The number of hydrogen-bond acceptors (Lipinski definition) is 4. The number of imide groups is 1. The highest BCUT2D eigenvalue weighted by atomic mass is 16.2. The van der Waals surface area contributed by atoms with E-state index < -0.39 is 6.03 Å². The number of fused-ring (bicyclic) bond motifs is 1. The molecule has 0 aromatic carbocycles. The van der Waals surface area contributed by atoms with Crippen molar-refractivity contribution < 1.29 is 9.59 Å². The molecule has 0 bridgehead atoms. The molecule has 2 N–H and O–H groups in total. The Morgan fingerprint density at radius 3 is 2.71 bits per heavy atom. The SMILES string of the molecule is CC(C)(C)c1cc2[nH]nc(N3CCC(=O)NC3=O)c2cn1. The predicted molar refractivity (Wildman–Crippen MR) is 78.1 cm³/mol. The first kappa shape index (κ1) is 13.5. The van der Waals surface area contributed by atoms with Crippen molar-refractivity contribution in [1.29, 1.82) is 0 Å². The van der Waals surface area contributed by atoms with Crippen molar-refractivity contribution in [3.63, 3.8) is 0 Å². The third-order valence-corrected chi connectivity index (χ3v) is 3.51. The van der Waals surface area contributed by atoms with Crippen LogP contribution in [0.1, 0.15) is 32.9 Å². The van der Waals surface area contributed by atoms with Crippen LogP contribution < -0.4 is 10.2 Å². The number of nitrogens with zero attached hydrogens (tertiary/aromatic N) is 3. The van der Waals surface area contributed by atoms with E-state index in [4.69, 9.17) is 0 Å². The minimum atomic E-state index is -0.445. The third kappa shape index (κ3) is 2.35. The van der Waals surface area contributed by atoms with Crippen molar-refractivity contribution in [2.75, 3.05) is 11.4 Å². The minimum absolute atomic E-state index is 0.0611. The quantitative estimate of drug-likeness (QED) is 0.835. The Balaban J connectivity index is 2.01. The van der Waals surface area contributed by atoms with Gasteiger partial charge in [0.25, 0.3) is 0 Å². The molecule has 3 amide bonds. The average molecular weight is 287 g/mol. The number of rotatable bonds is 1. The Bertz CT molecular complexity index is 729. The molecule has 7 nitrogen and oxygen atoms in total. The van der Waals surface area contributed by atoms with E-state index in [9.17, 15) is 9.59 Å². The topological polar surface area (TPSA) is 91.0 Å². The lowest BCUT2D eigenvalue weighted by Crippen LogP contribution is -2.49. The molecule has 0 unspecified atom stereocenters. The van der Waals surface area contributed by atoms with Gasteiger partial charge in [-0.25, -0.2) is 4.79 Å². The molecule has 0 atom stereocenters. The number of urea groups is 1. The number of aromatic amines is 1. The van der Waals surface area contributed by atoms with Crippen LogP contribution >= 0.6 is 0 Å². The number of H-pyrrole nitrogens is 1. The first-order valence-electron chi connectivity index (χ1n) is 6.82. The van der Waals surface area contributed by atoms with Crippen LogP contribution in [0.3, 0.4) is 0 Å². The average Bonchev–Trinajstić information content (AvgIpc) is 2.80. The van der Waals surface area contributed by atoms with Gasteiger partial charge in [0.15, 0.2) is 5.82 Å². The van der Waals surface area contributed by atoms with E-state index in [1.54, 1.807) is 6.20 Å². The lowest BCUT2D eigenvalue weighted by Gasteiger charge is -2.24. The number of hydrogen-bond donors (Lipinski definition) is 2. The van der Waals surface area contributed by atoms with E-state index in [-0.39, 0.29) is 17.7 Å². The van der Waals surface area contributed by atoms with Gasteiger partial charge in [0.2, 0.25) is 5.91 Å². The fraction of sp³-hybridized carbons (Fsp3) is 0.429. The summed E-state index contributed by atoms with van der Waals surface area (Å²) in [4.78, 5) is 29.0. The maximum atomic E-state index is 11.9. The summed E-state index contributed by atoms with van der Waals surface area (Å²) in [6, 6.07) is 1.50. The second-order valence-corrected chi connectivity index (χ2v) is 6.17. The highest BCUT2D eigenvalue weighted by Gasteiger charge is 2.27. The number of carbonyl (C=O) groups is 2. The molecule has 1 saturated heterocycles. The lowest BCUT2D eigenvalue weighted by molar-refractivity contribution is -0.120. The number of carbonyl (C=O) groups excluding carboxylic acids is 2. The molecule has 1 fully saturated rings. The fourth-order valence-corrected chi connectivity index (χ4v) is 2.28. The maximum absolute atomic E-state index is 11.9. The van der Waals surface area contributed by atoms with Gasteiger partial charge in [-0.1, -0.05) is 20.8 Å². The highest BCUT2D eigenvalue weighted by molar-refractivity contribution is 6.08. The van der Waals surface area contributed by atoms with E-state index in [1.807, 2.05) is 6.07 Å². The standard InChI is InChI=1S/C14H17N5O2/c1-14(2,3)10-6-9-8(7-15-10)12(18-17-9)19-5-4-11(20)16-13(19)21/h6-7H,4-5H2,1-3H3,(H,17,18)(H,16,20,21). The van der Waals surface area contributed by atoms with Crippen LogP contribution in [-0.4, -0.2) is 33.7 Å². The van der Waals surface area contributed by atoms with Crippen molar-refractivity contribution in [3.8, 4) is 0 Å². The van der Waals surface area contributed by atoms with Gasteiger partial charge < -0.3 is 0 Å². The van der Waals surface area contributed by atoms with E-state index in [1.165, 1.54) is 4.90 Å². The second kappa shape index (κ2) is 4.54. The normalized spacial score (nSPS) is 16.4. The lowest BCUT2D eigenvalue weighted by atomic mass is 9.91. The van der Waals surface area contributed by atoms with Crippen molar-refractivity contribution >= 4 is 28.7 Å². The van der Waals surface area contributed by atoms with Crippen LogP contribution in [0.15, 0.2) is 12.3 Å². The summed E-state index contributed by atoms with van der Waals surface area (Å²) in [7, 11) is 0. The van der Waals surface area contributed by atoms with E-state index in [0.29, 0.717) is 12.4 Å². The highest BCUT2D eigenvalue weighted by Crippen LogP contribution is 2.28. The summed E-state index contributed by atoms with van der Waals surface area (Å²) in [5.41, 5.74) is 1.71. The van der Waals surface area contributed by atoms with Gasteiger partial charge in [0.1, 0.15) is 0 Å². The zero-order valence-electron chi connectivity index (χ0n) is 12.2. The molecule has 1 aliphatic rings. The number of anilines is 1. The number of pyridine rings is 1. The van der Waals surface area contributed by atoms with E-state index in [2.05, 4.69) is 41.3 Å². The first-order chi connectivity index (χ1) is 9.86. The van der Waals surface area contributed by atoms with Crippen molar-refractivity contribution in [2.45, 2.75) is 32.6 Å². The summed E-state index contributed by atoms with van der Waals surface area (Å²) >= 11 is 0. The molecule has 3 rings (SSSR count). The van der Waals surface area contributed by atoms with Crippen LogP contribution in [0.5, 0.6) is 0 Å². The van der Waals surface area contributed by atoms with Crippen LogP contribution in [0.25, 0.3) is 10.9 Å². The van der Waals surface area contributed by atoms with Crippen LogP contribution in [0, 0.1) is 0 Å². The van der Waals surface area contributed by atoms with Gasteiger partial charge in [-0.05, 0) is 6.07 Å². The van der Waals surface area contributed by atoms with Gasteiger partial charge in [0, 0.05) is 30.3 Å². The van der Waals surface area contributed by atoms with Gasteiger partial charge in [-0.2, -0.15) is 5.10 Å². The minimum Gasteiger partial charge on any atom is -0.278 e. The van der Waals surface area contributed by atoms with E-state index >= 15 is 0 Å². The summed E-state index contributed by atoms with van der Waals surface area (Å²) in [5.74, 6) is 0.243. The predicted octanol–water partition coefficient (Wildman–Crippen LogP) is 1.70. The summed E-state index contributed by atoms with van der Waals surface area (Å²) < 4.78 is 0. The molecule has 110 valence electrons. The van der Waals surface area contributed by atoms with Crippen LogP contribution in [-0.2, 0) is 10.2 Å². The zero-order valence-corrected chi connectivity index (χ0v) is 12.2.